The molecular formula is C15H12FN3O2. The monoisotopic (exact) mass is 285 g/mol. The molecule has 0 spiro atoms. The van der Waals surface area contributed by atoms with Crippen molar-refractivity contribution in [3.05, 3.63) is 69.5 Å². The van der Waals surface area contributed by atoms with Crippen molar-refractivity contribution in [1.82, 2.24) is 0 Å². The molecule has 2 rings (SSSR count). The van der Waals surface area contributed by atoms with Crippen molar-refractivity contribution < 1.29 is 9.31 Å². The molecule has 2 aromatic rings. The summed E-state index contributed by atoms with van der Waals surface area (Å²) >= 11 is 0. The molecule has 1 atom stereocenters. The van der Waals surface area contributed by atoms with Gasteiger partial charge in [0.1, 0.15) is 17.4 Å². The van der Waals surface area contributed by atoms with Crippen LogP contribution in [0.4, 0.5) is 15.8 Å². The number of rotatable bonds is 4. The molecule has 0 fully saturated rings. The van der Waals surface area contributed by atoms with Crippen LogP contribution in [-0.4, -0.2) is 4.92 Å². The highest BCUT2D eigenvalue weighted by Gasteiger charge is 2.14. The lowest BCUT2D eigenvalue weighted by Crippen LogP contribution is -2.07. The number of nitriles is 1. The summed E-state index contributed by atoms with van der Waals surface area (Å²) in [5.41, 5.74) is 1.23. The van der Waals surface area contributed by atoms with Crippen LogP contribution in [0.2, 0.25) is 0 Å². The van der Waals surface area contributed by atoms with Crippen LogP contribution in [0.5, 0.6) is 0 Å². The number of nitrogens with one attached hydrogen (secondary N) is 1. The van der Waals surface area contributed by atoms with Gasteiger partial charge in [0.2, 0.25) is 0 Å². The molecule has 0 aliphatic rings. The summed E-state index contributed by atoms with van der Waals surface area (Å²) in [6, 6.07) is 12.0. The second-order valence-electron chi connectivity index (χ2n) is 4.52. The molecule has 2 aromatic carbocycles. The lowest BCUT2D eigenvalue weighted by atomic mass is 10.1. The van der Waals surface area contributed by atoms with E-state index in [2.05, 4.69) is 5.32 Å². The Balaban J connectivity index is 2.22. The maximum absolute atomic E-state index is 12.9. The zero-order chi connectivity index (χ0) is 15.4. The first-order valence-electron chi connectivity index (χ1n) is 6.22. The van der Waals surface area contributed by atoms with Crippen molar-refractivity contribution >= 4 is 11.4 Å². The number of nitrogens with zero attached hydrogens (tertiary/aromatic N) is 2. The Kier molecular flexibility index (Phi) is 4.14. The van der Waals surface area contributed by atoms with Crippen molar-refractivity contribution in [1.29, 1.82) is 5.26 Å². The summed E-state index contributed by atoms with van der Waals surface area (Å²) in [5, 5.41) is 22.8. The van der Waals surface area contributed by atoms with Gasteiger partial charge in [-0.15, -0.1) is 0 Å². The van der Waals surface area contributed by atoms with Gasteiger partial charge < -0.3 is 5.32 Å². The molecule has 1 unspecified atom stereocenters. The summed E-state index contributed by atoms with van der Waals surface area (Å²) in [7, 11) is 0. The molecule has 6 heteroatoms. The second-order valence-corrected chi connectivity index (χ2v) is 4.52. The van der Waals surface area contributed by atoms with Gasteiger partial charge in [-0.2, -0.15) is 5.26 Å². The fraction of sp³-hybridized carbons (Fsp3) is 0.133. The number of nitro groups is 1. The van der Waals surface area contributed by atoms with Crippen LogP contribution in [-0.2, 0) is 0 Å². The Morgan fingerprint density at radius 2 is 1.95 bits per heavy atom. The minimum absolute atomic E-state index is 0.00342. The van der Waals surface area contributed by atoms with E-state index in [1.807, 2.05) is 6.92 Å². The van der Waals surface area contributed by atoms with E-state index in [-0.39, 0.29) is 23.1 Å². The number of hydrogen-bond donors (Lipinski definition) is 1. The van der Waals surface area contributed by atoms with E-state index in [1.165, 1.54) is 24.3 Å². The zero-order valence-corrected chi connectivity index (χ0v) is 11.2. The topological polar surface area (TPSA) is 79.0 Å². The fourth-order valence-corrected chi connectivity index (χ4v) is 1.96. The summed E-state index contributed by atoms with van der Waals surface area (Å²) in [5.74, 6) is -0.312. The van der Waals surface area contributed by atoms with E-state index < -0.39 is 4.92 Å². The first-order chi connectivity index (χ1) is 10.0. The van der Waals surface area contributed by atoms with E-state index in [0.29, 0.717) is 5.69 Å². The average Bonchev–Trinajstić information content (AvgIpc) is 2.47. The molecule has 0 aromatic heterocycles. The van der Waals surface area contributed by atoms with E-state index >= 15 is 0 Å². The van der Waals surface area contributed by atoms with Crippen molar-refractivity contribution in [2.75, 3.05) is 5.32 Å². The Hall–Kier alpha value is -2.94. The lowest BCUT2D eigenvalue weighted by Gasteiger charge is -2.15. The van der Waals surface area contributed by atoms with Crippen molar-refractivity contribution in [2.24, 2.45) is 0 Å². The van der Waals surface area contributed by atoms with Gasteiger partial charge in [-0.05, 0) is 36.8 Å². The minimum Gasteiger partial charge on any atom is -0.378 e. The van der Waals surface area contributed by atoms with Crippen molar-refractivity contribution in [3.8, 4) is 6.07 Å². The van der Waals surface area contributed by atoms with Gasteiger partial charge in [-0.25, -0.2) is 4.39 Å². The quantitative estimate of drug-likeness (QED) is 0.685. The highest BCUT2D eigenvalue weighted by atomic mass is 19.1. The second kappa shape index (κ2) is 6.01. The number of hydrogen-bond acceptors (Lipinski definition) is 4. The summed E-state index contributed by atoms with van der Waals surface area (Å²) in [6.07, 6.45) is 0. The number of nitro benzene ring substituents is 1. The number of anilines is 1. The SMILES string of the molecule is CC(Nc1ccc([N+](=O)[O-])c(C#N)c1)c1ccc(F)cc1. The number of benzene rings is 2. The predicted octanol–water partition coefficient (Wildman–Crippen LogP) is 3.78. The van der Waals surface area contributed by atoms with Crippen molar-refractivity contribution in [2.45, 2.75) is 13.0 Å². The molecule has 0 aliphatic heterocycles. The highest BCUT2D eigenvalue weighted by Crippen LogP contribution is 2.25. The van der Waals surface area contributed by atoms with Gasteiger partial charge in [-0.3, -0.25) is 10.1 Å². The molecular weight excluding hydrogens is 273 g/mol. The van der Waals surface area contributed by atoms with Crippen molar-refractivity contribution in [3.63, 3.8) is 0 Å². The Bertz CT molecular complexity index is 708. The maximum atomic E-state index is 12.9. The largest absolute Gasteiger partial charge is 0.378 e. The van der Waals surface area contributed by atoms with Crippen LogP contribution < -0.4 is 5.32 Å². The average molecular weight is 285 g/mol. The number of halogens is 1. The first kappa shape index (κ1) is 14.5. The normalized spacial score (nSPS) is 11.5. The van der Waals surface area contributed by atoms with Gasteiger partial charge in [0, 0.05) is 17.8 Å². The third-order valence-corrected chi connectivity index (χ3v) is 3.07. The Morgan fingerprint density at radius 3 is 2.52 bits per heavy atom. The molecule has 1 N–H and O–H groups in total. The molecule has 0 saturated heterocycles. The Labute approximate surface area is 120 Å². The molecule has 0 saturated carbocycles. The predicted molar refractivity (Wildman–Crippen MR) is 76.2 cm³/mol. The van der Waals surface area contributed by atoms with Gasteiger partial charge in [0.05, 0.1) is 4.92 Å². The molecule has 5 nitrogen and oxygen atoms in total. The van der Waals surface area contributed by atoms with Gasteiger partial charge in [0.15, 0.2) is 0 Å². The highest BCUT2D eigenvalue weighted by molar-refractivity contribution is 5.59. The zero-order valence-electron chi connectivity index (χ0n) is 11.2. The minimum atomic E-state index is -0.592. The summed E-state index contributed by atoms with van der Waals surface area (Å²) in [4.78, 5) is 10.2. The fourth-order valence-electron chi connectivity index (χ4n) is 1.96. The first-order valence-corrected chi connectivity index (χ1v) is 6.22. The van der Waals surface area contributed by atoms with Crippen LogP contribution in [0.25, 0.3) is 0 Å². The molecule has 0 bridgehead atoms. The van der Waals surface area contributed by atoms with Gasteiger partial charge in [-0.1, -0.05) is 12.1 Å². The molecule has 0 heterocycles. The van der Waals surface area contributed by atoms with Crippen LogP contribution in [0.15, 0.2) is 42.5 Å². The van der Waals surface area contributed by atoms with E-state index in [4.69, 9.17) is 5.26 Å². The summed E-state index contributed by atoms with van der Waals surface area (Å²) < 4.78 is 12.9. The molecule has 0 amide bonds. The lowest BCUT2D eigenvalue weighted by molar-refractivity contribution is -0.385. The standard InChI is InChI=1S/C15H12FN3O2/c1-10(11-2-4-13(16)5-3-11)18-14-6-7-15(19(20)21)12(8-14)9-17/h2-8,10,18H,1H3. The third kappa shape index (κ3) is 3.34. The van der Waals surface area contributed by atoms with Crippen LogP contribution >= 0.6 is 0 Å². The van der Waals surface area contributed by atoms with E-state index in [0.717, 1.165) is 5.56 Å². The van der Waals surface area contributed by atoms with Gasteiger partial charge in [0.25, 0.3) is 5.69 Å². The molecule has 0 aliphatic carbocycles. The van der Waals surface area contributed by atoms with Gasteiger partial charge >= 0.3 is 0 Å². The van der Waals surface area contributed by atoms with Crippen LogP contribution in [0, 0.1) is 27.3 Å². The summed E-state index contributed by atoms with van der Waals surface area (Å²) in [6.45, 7) is 1.88. The smallest absolute Gasteiger partial charge is 0.287 e. The Morgan fingerprint density at radius 1 is 1.29 bits per heavy atom. The molecule has 0 radical (unpaired) electrons. The third-order valence-electron chi connectivity index (χ3n) is 3.07. The molecule has 106 valence electrons. The van der Waals surface area contributed by atoms with Crippen LogP contribution in [0.1, 0.15) is 24.1 Å². The van der Waals surface area contributed by atoms with E-state index in [9.17, 15) is 14.5 Å². The molecule has 21 heavy (non-hydrogen) atoms. The maximum Gasteiger partial charge on any atom is 0.287 e. The van der Waals surface area contributed by atoms with Crippen LogP contribution in [0.3, 0.4) is 0 Å². The van der Waals surface area contributed by atoms with E-state index in [1.54, 1.807) is 24.3 Å².